The van der Waals surface area contributed by atoms with E-state index in [1.807, 2.05) is 6.08 Å². The quantitative estimate of drug-likeness (QED) is 0.346. The van der Waals surface area contributed by atoms with Crippen molar-refractivity contribution in [2.24, 2.45) is 5.92 Å². The van der Waals surface area contributed by atoms with Gasteiger partial charge >= 0.3 is 0 Å². The Balaban J connectivity index is 1.75. The topological polar surface area (TPSA) is 70.6 Å². The summed E-state index contributed by atoms with van der Waals surface area (Å²) in [5.41, 5.74) is 0. The molecule has 2 rings (SSSR count). The maximum absolute atomic E-state index is 11.7. The van der Waals surface area contributed by atoms with Crippen LogP contribution in [0, 0.1) is 5.92 Å². The number of carbonyl (C=O) groups is 1. The van der Waals surface area contributed by atoms with Crippen LogP contribution in [0.25, 0.3) is 0 Å². The van der Waals surface area contributed by atoms with Gasteiger partial charge in [-0.05, 0) is 12.3 Å². The first kappa shape index (κ1) is 10.6. The van der Waals surface area contributed by atoms with Crippen molar-refractivity contribution in [3.05, 3.63) is 12.7 Å². The van der Waals surface area contributed by atoms with Crippen LogP contribution in [0.2, 0.25) is 0 Å². The first-order chi connectivity index (χ1) is 7.24. The van der Waals surface area contributed by atoms with E-state index in [0.717, 1.165) is 6.42 Å². The summed E-state index contributed by atoms with van der Waals surface area (Å²) in [6.45, 7) is 4.20. The molecular weight excluding hydrogens is 196 g/mol. The summed E-state index contributed by atoms with van der Waals surface area (Å²) in [7, 11) is 0. The van der Waals surface area contributed by atoms with Gasteiger partial charge in [-0.25, -0.2) is 4.89 Å². The molecule has 1 saturated carbocycles. The molecule has 5 nitrogen and oxygen atoms in total. The molecule has 0 bridgehead atoms. The summed E-state index contributed by atoms with van der Waals surface area (Å²) in [5, 5.41) is 14.4. The predicted molar refractivity (Wildman–Crippen MR) is 54.1 cm³/mol. The Kier molecular flexibility index (Phi) is 3.04. The predicted octanol–water partition coefficient (Wildman–Crippen LogP) is -0.103. The molecule has 4 atom stereocenters. The van der Waals surface area contributed by atoms with Crippen molar-refractivity contribution in [3.8, 4) is 0 Å². The third-order valence-electron chi connectivity index (χ3n) is 3.03. The molecule has 0 radical (unpaired) electrons. The molecule has 3 N–H and O–H groups in total. The zero-order valence-electron chi connectivity index (χ0n) is 8.48. The molecule has 1 amide bonds. The molecule has 5 heteroatoms. The van der Waals surface area contributed by atoms with Gasteiger partial charge in [-0.1, -0.05) is 6.08 Å². The van der Waals surface area contributed by atoms with Crippen molar-refractivity contribution in [1.82, 2.24) is 10.6 Å². The van der Waals surface area contributed by atoms with E-state index in [4.69, 9.17) is 5.26 Å². The fourth-order valence-electron chi connectivity index (χ4n) is 1.91. The minimum atomic E-state index is -0.268. The average Bonchev–Trinajstić information content (AvgIpc) is 2.81. The summed E-state index contributed by atoms with van der Waals surface area (Å²) in [4.78, 5) is 15.9. The number of hydrogen-bond acceptors (Lipinski definition) is 4. The summed E-state index contributed by atoms with van der Waals surface area (Å²) in [5.74, 6) is 0.421. The first-order valence-electron chi connectivity index (χ1n) is 5.21. The second-order valence-electron chi connectivity index (χ2n) is 4.17. The van der Waals surface area contributed by atoms with Crippen molar-refractivity contribution in [2.45, 2.75) is 31.0 Å². The van der Waals surface area contributed by atoms with Crippen molar-refractivity contribution < 1.29 is 14.9 Å². The molecule has 1 saturated heterocycles. The van der Waals surface area contributed by atoms with E-state index in [9.17, 15) is 4.79 Å². The van der Waals surface area contributed by atoms with Gasteiger partial charge in [0.05, 0.1) is 6.04 Å². The average molecular weight is 212 g/mol. The molecule has 15 heavy (non-hydrogen) atoms. The number of hydrogen-bond donors (Lipinski definition) is 3. The highest BCUT2D eigenvalue weighted by Gasteiger charge is 2.38. The molecule has 0 aromatic rings. The van der Waals surface area contributed by atoms with E-state index < -0.39 is 0 Å². The molecule has 1 aliphatic heterocycles. The largest absolute Gasteiger partial charge is 0.351 e. The van der Waals surface area contributed by atoms with Gasteiger partial charge < -0.3 is 10.6 Å². The van der Waals surface area contributed by atoms with Gasteiger partial charge in [0, 0.05) is 19.0 Å². The van der Waals surface area contributed by atoms with Gasteiger partial charge in [-0.2, -0.15) is 0 Å². The Morgan fingerprint density at radius 1 is 1.60 bits per heavy atom. The zero-order chi connectivity index (χ0) is 10.8. The summed E-state index contributed by atoms with van der Waals surface area (Å²) < 4.78 is 0. The standard InChI is InChI=1S/C10H16N2O3/c1-2-6-3-8(6)12-10(13)9-4-7(15-14)5-11-9/h2,6-9,11,14H,1,3-5H2,(H,12,13). The van der Waals surface area contributed by atoms with E-state index in [1.54, 1.807) is 0 Å². The normalized spacial score (nSPS) is 38.7. The van der Waals surface area contributed by atoms with Gasteiger partial charge in [0.2, 0.25) is 5.91 Å². The fraction of sp³-hybridized carbons (Fsp3) is 0.700. The second kappa shape index (κ2) is 4.30. The van der Waals surface area contributed by atoms with Gasteiger partial charge in [0.15, 0.2) is 0 Å². The molecule has 0 aromatic carbocycles. The summed E-state index contributed by atoms with van der Waals surface area (Å²) >= 11 is 0. The van der Waals surface area contributed by atoms with Crippen LogP contribution in [-0.2, 0) is 9.68 Å². The molecule has 0 spiro atoms. The van der Waals surface area contributed by atoms with Gasteiger partial charge in [-0.15, -0.1) is 6.58 Å². The molecule has 2 fully saturated rings. The van der Waals surface area contributed by atoms with Crippen LogP contribution < -0.4 is 10.6 Å². The van der Waals surface area contributed by atoms with Crippen LogP contribution in [0.1, 0.15) is 12.8 Å². The van der Waals surface area contributed by atoms with Crippen LogP contribution in [0.5, 0.6) is 0 Å². The highest BCUT2D eigenvalue weighted by Crippen LogP contribution is 2.31. The second-order valence-corrected chi connectivity index (χ2v) is 4.17. The first-order valence-corrected chi connectivity index (χ1v) is 5.21. The summed E-state index contributed by atoms with van der Waals surface area (Å²) in [6.07, 6.45) is 3.11. The Morgan fingerprint density at radius 2 is 2.40 bits per heavy atom. The third-order valence-corrected chi connectivity index (χ3v) is 3.03. The Labute approximate surface area is 88.4 Å². The smallest absolute Gasteiger partial charge is 0.237 e. The number of carbonyl (C=O) groups excluding carboxylic acids is 1. The Morgan fingerprint density at radius 3 is 2.93 bits per heavy atom. The fourth-order valence-corrected chi connectivity index (χ4v) is 1.91. The van der Waals surface area contributed by atoms with Crippen LogP contribution >= 0.6 is 0 Å². The molecule has 1 heterocycles. The van der Waals surface area contributed by atoms with Gasteiger partial charge in [-0.3, -0.25) is 10.1 Å². The maximum Gasteiger partial charge on any atom is 0.237 e. The molecule has 2 aliphatic rings. The molecule has 84 valence electrons. The maximum atomic E-state index is 11.7. The van der Waals surface area contributed by atoms with Gasteiger partial charge in [0.1, 0.15) is 6.10 Å². The summed E-state index contributed by atoms with van der Waals surface area (Å²) in [6, 6.07) is 0.0131. The van der Waals surface area contributed by atoms with Crippen LogP contribution in [-0.4, -0.2) is 35.9 Å². The van der Waals surface area contributed by atoms with Crippen molar-refractivity contribution in [3.63, 3.8) is 0 Å². The van der Waals surface area contributed by atoms with E-state index in [2.05, 4.69) is 22.1 Å². The van der Waals surface area contributed by atoms with Crippen molar-refractivity contribution in [2.75, 3.05) is 6.54 Å². The van der Waals surface area contributed by atoms with E-state index in [1.165, 1.54) is 0 Å². The lowest BCUT2D eigenvalue weighted by molar-refractivity contribution is -0.273. The van der Waals surface area contributed by atoms with E-state index in [0.29, 0.717) is 18.9 Å². The molecule has 4 unspecified atom stereocenters. The molecule has 0 aromatic heterocycles. The minimum absolute atomic E-state index is 0.0103. The lowest BCUT2D eigenvalue weighted by Gasteiger charge is -2.10. The van der Waals surface area contributed by atoms with Crippen LogP contribution in [0.4, 0.5) is 0 Å². The van der Waals surface area contributed by atoms with Crippen LogP contribution in [0.3, 0.4) is 0 Å². The molecule has 1 aliphatic carbocycles. The monoisotopic (exact) mass is 212 g/mol. The SMILES string of the molecule is C=CC1CC1NC(=O)C1CC(OO)CN1. The highest BCUT2D eigenvalue weighted by molar-refractivity contribution is 5.82. The van der Waals surface area contributed by atoms with E-state index in [-0.39, 0.29) is 24.1 Å². The van der Waals surface area contributed by atoms with Crippen LogP contribution in [0.15, 0.2) is 12.7 Å². The molecular formula is C10H16N2O3. The van der Waals surface area contributed by atoms with Crippen molar-refractivity contribution >= 4 is 5.91 Å². The van der Waals surface area contributed by atoms with Crippen molar-refractivity contribution in [1.29, 1.82) is 0 Å². The minimum Gasteiger partial charge on any atom is -0.351 e. The number of rotatable bonds is 4. The lowest BCUT2D eigenvalue weighted by Crippen LogP contribution is -2.41. The third kappa shape index (κ3) is 2.37. The Hall–Kier alpha value is -0.910. The zero-order valence-corrected chi connectivity index (χ0v) is 8.48. The highest BCUT2D eigenvalue weighted by atomic mass is 17.1. The number of nitrogens with one attached hydrogen (secondary N) is 2. The Bertz CT molecular complexity index is 269. The number of amides is 1. The lowest BCUT2D eigenvalue weighted by atomic mass is 10.2. The van der Waals surface area contributed by atoms with E-state index >= 15 is 0 Å². The van der Waals surface area contributed by atoms with Gasteiger partial charge in [0.25, 0.3) is 0 Å².